The molecule has 0 atom stereocenters. The van der Waals surface area contributed by atoms with E-state index in [1.165, 1.54) is 0 Å². The highest BCUT2D eigenvalue weighted by molar-refractivity contribution is 5.76. The number of carboxylic acids is 1. The second kappa shape index (κ2) is 5.21. The zero-order valence-electron chi connectivity index (χ0n) is 10.7. The Morgan fingerprint density at radius 1 is 1.44 bits per heavy atom. The number of aromatic nitrogens is 2. The van der Waals surface area contributed by atoms with Crippen molar-refractivity contribution >= 4 is 17.0 Å². The number of aromatic amines is 1. The van der Waals surface area contributed by atoms with Gasteiger partial charge in [-0.05, 0) is 30.5 Å². The minimum atomic E-state index is -0.736. The van der Waals surface area contributed by atoms with E-state index in [-0.39, 0.29) is 6.42 Å². The van der Waals surface area contributed by atoms with Gasteiger partial charge in [0.15, 0.2) is 0 Å². The van der Waals surface area contributed by atoms with Crippen LogP contribution in [0.3, 0.4) is 0 Å². The van der Waals surface area contributed by atoms with Crippen molar-refractivity contribution in [2.45, 2.75) is 39.0 Å². The molecule has 0 amide bonds. The Balaban J connectivity index is 2.14. The van der Waals surface area contributed by atoms with Crippen molar-refractivity contribution in [2.24, 2.45) is 0 Å². The molecule has 0 aliphatic heterocycles. The molecule has 2 aromatic rings. The highest BCUT2D eigenvalue weighted by Gasteiger charge is 2.07. The molecule has 0 spiro atoms. The molecule has 4 heteroatoms. The molecule has 2 rings (SSSR count). The Labute approximate surface area is 106 Å². The summed E-state index contributed by atoms with van der Waals surface area (Å²) in [6.07, 6.45) is 1.68. The van der Waals surface area contributed by atoms with Crippen molar-refractivity contribution in [2.75, 3.05) is 0 Å². The van der Waals surface area contributed by atoms with Crippen LogP contribution in [0, 0.1) is 0 Å². The lowest BCUT2D eigenvalue weighted by Gasteiger charge is -1.99. The third kappa shape index (κ3) is 2.88. The lowest BCUT2D eigenvalue weighted by Crippen LogP contribution is -1.95. The lowest BCUT2D eigenvalue weighted by molar-refractivity contribution is -0.137. The summed E-state index contributed by atoms with van der Waals surface area (Å²) in [6, 6.07) is 6.08. The minimum Gasteiger partial charge on any atom is -0.481 e. The van der Waals surface area contributed by atoms with Crippen LogP contribution < -0.4 is 0 Å². The van der Waals surface area contributed by atoms with Crippen molar-refractivity contribution < 1.29 is 9.90 Å². The third-order valence-electron chi connectivity index (χ3n) is 2.97. The maximum absolute atomic E-state index is 10.5. The number of H-pyrrole nitrogens is 1. The van der Waals surface area contributed by atoms with E-state index >= 15 is 0 Å². The molecule has 0 fully saturated rings. The highest BCUT2D eigenvalue weighted by Crippen LogP contribution is 2.19. The predicted octanol–water partition coefficient (Wildman–Crippen LogP) is 3.09. The molecule has 1 heterocycles. The fourth-order valence-corrected chi connectivity index (χ4v) is 1.95. The van der Waals surface area contributed by atoms with E-state index in [2.05, 4.69) is 29.9 Å². The molecule has 0 unspecified atom stereocenters. The fraction of sp³-hybridized carbons (Fsp3) is 0.429. The normalized spacial score (nSPS) is 11.3. The van der Waals surface area contributed by atoms with Crippen LogP contribution >= 0.6 is 0 Å². The minimum absolute atomic E-state index is 0.220. The van der Waals surface area contributed by atoms with Crippen molar-refractivity contribution in [3.63, 3.8) is 0 Å². The van der Waals surface area contributed by atoms with Crippen molar-refractivity contribution in [3.05, 3.63) is 29.6 Å². The van der Waals surface area contributed by atoms with Crippen molar-refractivity contribution in [3.8, 4) is 0 Å². The Morgan fingerprint density at radius 3 is 2.89 bits per heavy atom. The van der Waals surface area contributed by atoms with E-state index in [1.54, 1.807) is 0 Å². The molecule has 1 aromatic carbocycles. The summed E-state index contributed by atoms with van der Waals surface area (Å²) in [5, 5.41) is 8.61. The Kier molecular flexibility index (Phi) is 3.65. The van der Waals surface area contributed by atoms with Crippen LogP contribution in [0.25, 0.3) is 11.0 Å². The van der Waals surface area contributed by atoms with Gasteiger partial charge in [0.1, 0.15) is 5.82 Å². The van der Waals surface area contributed by atoms with Gasteiger partial charge in [-0.3, -0.25) is 4.79 Å². The van der Waals surface area contributed by atoms with Gasteiger partial charge >= 0.3 is 5.97 Å². The molecule has 0 aliphatic carbocycles. The quantitative estimate of drug-likeness (QED) is 0.852. The van der Waals surface area contributed by atoms with Gasteiger partial charge in [-0.2, -0.15) is 0 Å². The Morgan fingerprint density at radius 2 is 2.22 bits per heavy atom. The van der Waals surface area contributed by atoms with Crippen LogP contribution in [0.2, 0.25) is 0 Å². The SMILES string of the molecule is CC(C)c1nc2ccc(CCCC(=O)O)cc2[nH]1. The first-order chi connectivity index (χ1) is 8.56. The zero-order valence-corrected chi connectivity index (χ0v) is 10.7. The number of carbonyl (C=O) groups is 1. The number of aryl methyl sites for hydroxylation is 1. The highest BCUT2D eigenvalue weighted by atomic mass is 16.4. The monoisotopic (exact) mass is 246 g/mol. The van der Waals surface area contributed by atoms with Gasteiger partial charge in [0.2, 0.25) is 0 Å². The summed E-state index contributed by atoms with van der Waals surface area (Å²) >= 11 is 0. The number of rotatable bonds is 5. The molecule has 18 heavy (non-hydrogen) atoms. The molecular formula is C14H18N2O2. The molecule has 1 aromatic heterocycles. The second-order valence-electron chi connectivity index (χ2n) is 4.88. The van der Waals surface area contributed by atoms with E-state index in [0.29, 0.717) is 12.3 Å². The number of fused-ring (bicyclic) bond motifs is 1. The molecule has 96 valence electrons. The van der Waals surface area contributed by atoms with E-state index in [9.17, 15) is 4.79 Å². The average molecular weight is 246 g/mol. The molecule has 4 nitrogen and oxygen atoms in total. The molecule has 0 bridgehead atoms. The number of imidazole rings is 1. The summed E-state index contributed by atoms with van der Waals surface area (Å²) in [6.45, 7) is 4.21. The summed E-state index contributed by atoms with van der Waals surface area (Å²) in [5.74, 6) is 0.639. The molecule has 0 aliphatic rings. The van der Waals surface area contributed by atoms with Gasteiger partial charge in [-0.1, -0.05) is 19.9 Å². The first-order valence-corrected chi connectivity index (χ1v) is 6.26. The predicted molar refractivity (Wildman–Crippen MR) is 70.8 cm³/mol. The average Bonchev–Trinajstić information content (AvgIpc) is 2.71. The maximum Gasteiger partial charge on any atom is 0.303 e. The van der Waals surface area contributed by atoms with Crippen LogP contribution in [0.15, 0.2) is 18.2 Å². The van der Waals surface area contributed by atoms with Crippen molar-refractivity contribution in [1.82, 2.24) is 9.97 Å². The smallest absolute Gasteiger partial charge is 0.303 e. The Hall–Kier alpha value is -1.84. The van der Waals surface area contributed by atoms with Gasteiger partial charge in [0, 0.05) is 12.3 Å². The number of hydrogen-bond acceptors (Lipinski definition) is 2. The summed E-state index contributed by atoms with van der Waals surface area (Å²) in [7, 11) is 0. The first-order valence-electron chi connectivity index (χ1n) is 6.26. The molecular weight excluding hydrogens is 228 g/mol. The lowest BCUT2D eigenvalue weighted by atomic mass is 10.1. The van der Waals surface area contributed by atoms with Gasteiger partial charge in [-0.25, -0.2) is 4.98 Å². The number of hydrogen-bond donors (Lipinski definition) is 2. The number of benzene rings is 1. The number of nitrogens with one attached hydrogen (secondary N) is 1. The zero-order chi connectivity index (χ0) is 13.1. The van der Waals surface area contributed by atoms with Crippen LogP contribution in [-0.2, 0) is 11.2 Å². The van der Waals surface area contributed by atoms with E-state index in [4.69, 9.17) is 5.11 Å². The molecule has 2 N–H and O–H groups in total. The summed E-state index contributed by atoms with van der Waals surface area (Å²) < 4.78 is 0. The second-order valence-corrected chi connectivity index (χ2v) is 4.88. The van der Waals surface area contributed by atoms with E-state index in [0.717, 1.165) is 28.8 Å². The Bertz CT molecular complexity index is 558. The molecule has 0 radical (unpaired) electrons. The van der Waals surface area contributed by atoms with Gasteiger partial charge < -0.3 is 10.1 Å². The molecule has 0 saturated carbocycles. The number of nitrogens with zero attached hydrogens (tertiary/aromatic N) is 1. The van der Waals surface area contributed by atoms with E-state index in [1.807, 2.05) is 12.1 Å². The summed E-state index contributed by atoms with van der Waals surface area (Å²) in [5.41, 5.74) is 3.16. The van der Waals surface area contributed by atoms with Crippen LogP contribution in [-0.4, -0.2) is 21.0 Å². The first kappa shape index (κ1) is 12.6. The van der Waals surface area contributed by atoms with Gasteiger partial charge in [-0.15, -0.1) is 0 Å². The standard InChI is InChI=1S/C14H18N2O2/c1-9(2)14-15-11-7-6-10(8-12(11)16-14)4-3-5-13(17)18/h6-9H,3-5H2,1-2H3,(H,15,16)(H,17,18). The van der Waals surface area contributed by atoms with Crippen molar-refractivity contribution in [1.29, 1.82) is 0 Å². The molecule has 0 saturated heterocycles. The van der Waals surface area contributed by atoms with Gasteiger partial charge in [0.25, 0.3) is 0 Å². The topological polar surface area (TPSA) is 66.0 Å². The van der Waals surface area contributed by atoms with Crippen LogP contribution in [0.1, 0.15) is 44.0 Å². The largest absolute Gasteiger partial charge is 0.481 e. The fourth-order valence-electron chi connectivity index (χ4n) is 1.95. The van der Waals surface area contributed by atoms with Gasteiger partial charge in [0.05, 0.1) is 11.0 Å². The maximum atomic E-state index is 10.5. The third-order valence-corrected chi connectivity index (χ3v) is 2.97. The number of carboxylic acid groups (broad SMARTS) is 1. The summed E-state index contributed by atoms with van der Waals surface area (Å²) in [4.78, 5) is 18.3. The van der Waals surface area contributed by atoms with E-state index < -0.39 is 5.97 Å². The van der Waals surface area contributed by atoms with Crippen LogP contribution in [0.5, 0.6) is 0 Å². The van der Waals surface area contributed by atoms with Crippen LogP contribution in [0.4, 0.5) is 0 Å². The number of aliphatic carboxylic acids is 1.